The molecule has 2 aromatic heterocycles. The van der Waals surface area contributed by atoms with Gasteiger partial charge in [0.25, 0.3) is 0 Å². The van der Waals surface area contributed by atoms with E-state index in [2.05, 4.69) is 15.2 Å². The van der Waals surface area contributed by atoms with E-state index in [1.807, 2.05) is 31.2 Å². The molecule has 0 radical (unpaired) electrons. The number of halogens is 1. The minimum absolute atomic E-state index is 0.450. The van der Waals surface area contributed by atoms with Gasteiger partial charge in [0, 0.05) is 11.8 Å². The molecule has 2 heterocycles. The fourth-order valence-electron chi connectivity index (χ4n) is 1.12. The lowest BCUT2D eigenvalue weighted by molar-refractivity contribution is 0.986. The highest BCUT2D eigenvalue weighted by atomic mass is 35.5. The summed E-state index contributed by atoms with van der Waals surface area (Å²) in [5.74, 6) is 0. The average molecular weight is 206 g/mol. The maximum absolute atomic E-state index is 5.92. The normalized spacial score (nSPS) is 10.1. The van der Waals surface area contributed by atoms with E-state index in [0.717, 1.165) is 17.0 Å². The van der Waals surface area contributed by atoms with Crippen LogP contribution in [0, 0.1) is 6.92 Å². The number of aromatic nitrogens is 3. The maximum atomic E-state index is 5.92. The second-order valence-electron chi connectivity index (χ2n) is 2.90. The molecule has 0 N–H and O–H groups in total. The summed E-state index contributed by atoms with van der Waals surface area (Å²) in [6, 6.07) is 7.47. The van der Waals surface area contributed by atoms with Crippen molar-refractivity contribution in [1.29, 1.82) is 0 Å². The van der Waals surface area contributed by atoms with Crippen LogP contribution in [0.2, 0.25) is 5.15 Å². The number of rotatable bonds is 1. The molecule has 0 bridgehead atoms. The minimum Gasteiger partial charge on any atom is -0.244 e. The highest BCUT2D eigenvalue weighted by Gasteiger charge is 2.04. The summed E-state index contributed by atoms with van der Waals surface area (Å²) in [6.07, 6.45) is 1.65. The van der Waals surface area contributed by atoms with Gasteiger partial charge < -0.3 is 0 Å². The third kappa shape index (κ3) is 1.72. The predicted octanol–water partition coefficient (Wildman–Crippen LogP) is 2.50. The van der Waals surface area contributed by atoms with Crippen molar-refractivity contribution in [3.63, 3.8) is 0 Å². The maximum Gasteiger partial charge on any atom is 0.138 e. The van der Waals surface area contributed by atoms with Gasteiger partial charge in [-0.3, -0.25) is 0 Å². The minimum atomic E-state index is 0.450. The summed E-state index contributed by atoms with van der Waals surface area (Å²) in [5.41, 5.74) is 2.43. The Morgan fingerprint density at radius 2 is 2.00 bits per heavy atom. The van der Waals surface area contributed by atoms with Crippen LogP contribution in [0.4, 0.5) is 0 Å². The monoisotopic (exact) mass is 205 g/mol. The third-order valence-corrected chi connectivity index (χ3v) is 2.13. The highest BCUT2D eigenvalue weighted by molar-refractivity contribution is 6.31. The Labute approximate surface area is 86.8 Å². The Bertz CT molecular complexity index is 439. The van der Waals surface area contributed by atoms with Crippen molar-refractivity contribution in [2.75, 3.05) is 0 Å². The van der Waals surface area contributed by atoms with Crippen molar-refractivity contribution in [3.05, 3.63) is 41.3 Å². The Kier molecular flexibility index (Phi) is 2.41. The molecule has 14 heavy (non-hydrogen) atoms. The standard InChI is InChI=1S/C10H8ClN3/c1-7-4-5-9(14-13-7)8-3-2-6-12-10(8)11/h2-6H,1H3. The van der Waals surface area contributed by atoms with Crippen molar-refractivity contribution in [2.45, 2.75) is 6.92 Å². The zero-order chi connectivity index (χ0) is 9.97. The van der Waals surface area contributed by atoms with Crippen LogP contribution in [-0.4, -0.2) is 15.2 Å². The number of hydrogen-bond donors (Lipinski definition) is 0. The summed E-state index contributed by atoms with van der Waals surface area (Å²) in [4.78, 5) is 3.98. The molecule has 0 saturated carbocycles. The highest BCUT2D eigenvalue weighted by Crippen LogP contribution is 2.22. The van der Waals surface area contributed by atoms with Crippen LogP contribution in [0.5, 0.6) is 0 Å². The number of aryl methyl sites for hydroxylation is 1. The molecule has 70 valence electrons. The van der Waals surface area contributed by atoms with Crippen LogP contribution in [0.25, 0.3) is 11.3 Å². The van der Waals surface area contributed by atoms with E-state index in [9.17, 15) is 0 Å². The molecule has 0 aliphatic carbocycles. The zero-order valence-electron chi connectivity index (χ0n) is 7.61. The molecule has 3 nitrogen and oxygen atoms in total. The Morgan fingerprint density at radius 1 is 1.14 bits per heavy atom. The Hall–Kier alpha value is -1.48. The second-order valence-corrected chi connectivity index (χ2v) is 3.26. The number of pyridine rings is 1. The van der Waals surface area contributed by atoms with Gasteiger partial charge in [-0.05, 0) is 31.2 Å². The van der Waals surface area contributed by atoms with E-state index in [1.165, 1.54) is 0 Å². The summed E-state index contributed by atoms with van der Waals surface area (Å²) in [6.45, 7) is 1.89. The number of nitrogens with zero attached hydrogens (tertiary/aromatic N) is 3. The molecule has 0 aliphatic heterocycles. The van der Waals surface area contributed by atoms with Crippen LogP contribution in [0.1, 0.15) is 5.69 Å². The first-order valence-corrected chi connectivity index (χ1v) is 4.56. The zero-order valence-corrected chi connectivity index (χ0v) is 8.36. The first kappa shape index (κ1) is 9.09. The SMILES string of the molecule is Cc1ccc(-c2cccnc2Cl)nn1. The molecule has 4 heteroatoms. The van der Waals surface area contributed by atoms with Crippen molar-refractivity contribution < 1.29 is 0 Å². The lowest BCUT2D eigenvalue weighted by Crippen LogP contribution is -1.90. The van der Waals surface area contributed by atoms with E-state index in [0.29, 0.717) is 5.15 Å². The molecule has 0 aliphatic rings. The number of hydrogen-bond acceptors (Lipinski definition) is 3. The van der Waals surface area contributed by atoms with E-state index >= 15 is 0 Å². The van der Waals surface area contributed by atoms with E-state index in [1.54, 1.807) is 6.20 Å². The Balaban J connectivity index is 2.50. The molecule has 0 unspecified atom stereocenters. The summed E-state index contributed by atoms with van der Waals surface area (Å²) in [7, 11) is 0. The van der Waals surface area contributed by atoms with Crippen LogP contribution in [0.3, 0.4) is 0 Å². The van der Waals surface area contributed by atoms with Gasteiger partial charge >= 0.3 is 0 Å². The van der Waals surface area contributed by atoms with Gasteiger partial charge in [0.2, 0.25) is 0 Å². The first-order chi connectivity index (χ1) is 6.77. The topological polar surface area (TPSA) is 38.7 Å². The first-order valence-electron chi connectivity index (χ1n) is 4.18. The van der Waals surface area contributed by atoms with Crippen LogP contribution >= 0.6 is 11.6 Å². The molecule has 0 fully saturated rings. The van der Waals surface area contributed by atoms with Crippen molar-refractivity contribution in [1.82, 2.24) is 15.2 Å². The fraction of sp³-hybridized carbons (Fsp3) is 0.100. The Morgan fingerprint density at radius 3 is 2.64 bits per heavy atom. The second kappa shape index (κ2) is 3.72. The quantitative estimate of drug-likeness (QED) is 0.672. The molecule has 0 atom stereocenters. The van der Waals surface area contributed by atoms with Gasteiger partial charge in [-0.25, -0.2) is 4.98 Å². The van der Waals surface area contributed by atoms with Crippen LogP contribution in [-0.2, 0) is 0 Å². The summed E-state index contributed by atoms with van der Waals surface area (Å²) < 4.78 is 0. The van der Waals surface area contributed by atoms with Gasteiger partial charge in [-0.1, -0.05) is 11.6 Å². The smallest absolute Gasteiger partial charge is 0.138 e. The molecular weight excluding hydrogens is 198 g/mol. The predicted molar refractivity (Wildman–Crippen MR) is 55.0 cm³/mol. The van der Waals surface area contributed by atoms with Crippen molar-refractivity contribution in [2.24, 2.45) is 0 Å². The van der Waals surface area contributed by atoms with Gasteiger partial charge in [-0.15, -0.1) is 0 Å². The van der Waals surface area contributed by atoms with Crippen LogP contribution in [0.15, 0.2) is 30.5 Å². The molecule has 2 aromatic rings. The largest absolute Gasteiger partial charge is 0.244 e. The molecular formula is C10H8ClN3. The third-order valence-electron chi connectivity index (χ3n) is 1.83. The summed E-state index contributed by atoms with van der Waals surface area (Å²) in [5, 5.41) is 8.44. The lowest BCUT2D eigenvalue weighted by Gasteiger charge is -2.00. The molecule has 0 spiro atoms. The van der Waals surface area contributed by atoms with Crippen molar-refractivity contribution >= 4 is 11.6 Å². The van der Waals surface area contributed by atoms with Gasteiger partial charge in [-0.2, -0.15) is 10.2 Å². The van der Waals surface area contributed by atoms with Gasteiger partial charge in [0.15, 0.2) is 0 Å². The van der Waals surface area contributed by atoms with Gasteiger partial charge in [0.05, 0.1) is 11.4 Å². The van der Waals surface area contributed by atoms with E-state index in [-0.39, 0.29) is 0 Å². The van der Waals surface area contributed by atoms with E-state index < -0.39 is 0 Å². The van der Waals surface area contributed by atoms with Gasteiger partial charge in [0.1, 0.15) is 5.15 Å². The summed E-state index contributed by atoms with van der Waals surface area (Å²) >= 11 is 5.92. The lowest BCUT2D eigenvalue weighted by atomic mass is 10.2. The molecule has 0 amide bonds. The fourth-order valence-corrected chi connectivity index (χ4v) is 1.34. The van der Waals surface area contributed by atoms with E-state index in [4.69, 9.17) is 11.6 Å². The molecule has 0 aromatic carbocycles. The average Bonchev–Trinajstić information content (AvgIpc) is 2.20. The molecule has 0 saturated heterocycles. The van der Waals surface area contributed by atoms with Crippen LogP contribution < -0.4 is 0 Å². The van der Waals surface area contributed by atoms with Crippen molar-refractivity contribution in [3.8, 4) is 11.3 Å². The molecule has 2 rings (SSSR count).